The second-order valence-corrected chi connectivity index (χ2v) is 3.77. The van der Waals surface area contributed by atoms with E-state index in [9.17, 15) is 13.6 Å². The van der Waals surface area contributed by atoms with Crippen LogP contribution in [0, 0.1) is 17.6 Å². The first-order valence-corrected chi connectivity index (χ1v) is 4.77. The van der Waals surface area contributed by atoms with Gasteiger partial charge in [-0.2, -0.15) is 0 Å². The minimum absolute atomic E-state index is 0.00583. The van der Waals surface area contributed by atoms with Crippen molar-refractivity contribution in [2.75, 3.05) is 6.61 Å². The summed E-state index contributed by atoms with van der Waals surface area (Å²) in [5.41, 5.74) is -0.961. The molecular weight excluding hydrogens is 218 g/mol. The molecule has 0 amide bonds. The molecule has 0 saturated carbocycles. The average Bonchev–Trinajstić information content (AvgIpc) is 2.12. The quantitative estimate of drug-likeness (QED) is 0.865. The molecule has 88 valence electrons. The molecule has 0 radical (unpaired) electrons. The Hall–Kier alpha value is -1.65. The van der Waals surface area contributed by atoms with Gasteiger partial charge in [-0.25, -0.2) is 13.6 Å². The van der Waals surface area contributed by atoms with Gasteiger partial charge in [0.2, 0.25) is 0 Å². The van der Waals surface area contributed by atoms with E-state index in [1.807, 2.05) is 13.8 Å². The predicted octanol–water partition coefficient (Wildman–Crippen LogP) is 2.70. The molecule has 0 heterocycles. The summed E-state index contributed by atoms with van der Waals surface area (Å²) in [4.78, 5) is 10.5. The monoisotopic (exact) mass is 230 g/mol. The Bertz CT molecular complexity index is 379. The summed E-state index contributed by atoms with van der Waals surface area (Å²) in [7, 11) is 0. The van der Waals surface area contributed by atoms with Crippen molar-refractivity contribution in [3.8, 4) is 5.75 Å². The largest absolute Gasteiger partial charge is 0.493 e. The van der Waals surface area contributed by atoms with Gasteiger partial charge in [-0.05, 0) is 5.92 Å². The Labute approximate surface area is 91.7 Å². The van der Waals surface area contributed by atoms with Crippen molar-refractivity contribution in [2.24, 2.45) is 5.92 Å². The summed E-state index contributed by atoms with van der Waals surface area (Å²) in [5.74, 6) is -3.69. The molecule has 5 heteroatoms. The molecule has 3 nitrogen and oxygen atoms in total. The molecule has 1 N–H and O–H groups in total. The van der Waals surface area contributed by atoms with Crippen LogP contribution in [0.25, 0.3) is 0 Å². The number of benzene rings is 1. The van der Waals surface area contributed by atoms with Crippen LogP contribution in [-0.4, -0.2) is 17.7 Å². The van der Waals surface area contributed by atoms with Gasteiger partial charge >= 0.3 is 5.97 Å². The molecule has 0 bridgehead atoms. The molecule has 1 rings (SSSR count). The van der Waals surface area contributed by atoms with Gasteiger partial charge in [0.05, 0.1) is 6.61 Å². The van der Waals surface area contributed by atoms with Crippen LogP contribution < -0.4 is 4.74 Å². The van der Waals surface area contributed by atoms with Crippen LogP contribution in [0.4, 0.5) is 8.78 Å². The lowest BCUT2D eigenvalue weighted by atomic mass is 10.2. The maximum absolute atomic E-state index is 13.2. The number of carbonyl (C=O) groups is 1. The Morgan fingerprint density at radius 3 is 2.25 bits per heavy atom. The lowest BCUT2D eigenvalue weighted by Gasteiger charge is -2.09. The Balaban J connectivity index is 2.96. The average molecular weight is 230 g/mol. The minimum atomic E-state index is -1.63. The van der Waals surface area contributed by atoms with Gasteiger partial charge in [-0.3, -0.25) is 0 Å². The molecule has 0 aromatic heterocycles. The van der Waals surface area contributed by atoms with Crippen LogP contribution >= 0.6 is 0 Å². The highest BCUT2D eigenvalue weighted by Crippen LogP contribution is 2.21. The van der Waals surface area contributed by atoms with Crippen molar-refractivity contribution >= 4 is 5.97 Å². The van der Waals surface area contributed by atoms with E-state index in [1.54, 1.807) is 0 Å². The standard InChI is InChI=1S/C11H12F2O3/c1-6(2)5-16-7-3-8(12)10(11(14)15)9(13)4-7/h3-4,6H,5H2,1-2H3,(H,14,15). The molecule has 0 spiro atoms. The van der Waals surface area contributed by atoms with E-state index in [1.165, 1.54) is 0 Å². The minimum Gasteiger partial charge on any atom is -0.493 e. The number of rotatable bonds is 4. The Morgan fingerprint density at radius 2 is 1.88 bits per heavy atom. The number of ether oxygens (including phenoxy) is 1. The molecule has 16 heavy (non-hydrogen) atoms. The number of halogens is 2. The number of carboxylic acids is 1. The van der Waals surface area contributed by atoms with Crippen molar-refractivity contribution in [2.45, 2.75) is 13.8 Å². The van der Waals surface area contributed by atoms with Crippen molar-refractivity contribution in [1.82, 2.24) is 0 Å². The lowest BCUT2D eigenvalue weighted by Crippen LogP contribution is -2.08. The summed E-state index contributed by atoms with van der Waals surface area (Å²) in [6.45, 7) is 4.09. The van der Waals surface area contributed by atoms with E-state index in [2.05, 4.69) is 0 Å². The fourth-order valence-electron chi connectivity index (χ4n) is 1.10. The molecule has 0 saturated heterocycles. The lowest BCUT2D eigenvalue weighted by molar-refractivity contribution is 0.0686. The molecule has 0 unspecified atom stereocenters. The first kappa shape index (κ1) is 12.4. The van der Waals surface area contributed by atoms with Crippen molar-refractivity contribution in [1.29, 1.82) is 0 Å². The molecule has 1 aromatic rings. The van der Waals surface area contributed by atoms with Crippen LogP contribution in [0.3, 0.4) is 0 Å². The third-order valence-corrected chi connectivity index (χ3v) is 1.81. The van der Waals surface area contributed by atoms with E-state index >= 15 is 0 Å². The molecule has 0 atom stereocenters. The first-order valence-electron chi connectivity index (χ1n) is 4.77. The third-order valence-electron chi connectivity index (χ3n) is 1.81. The van der Waals surface area contributed by atoms with Crippen LogP contribution in [-0.2, 0) is 0 Å². The number of aromatic carboxylic acids is 1. The van der Waals surface area contributed by atoms with E-state index in [-0.39, 0.29) is 11.7 Å². The van der Waals surface area contributed by atoms with Gasteiger partial charge in [0, 0.05) is 12.1 Å². The fourth-order valence-corrected chi connectivity index (χ4v) is 1.10. The van der Waals surface area contributed by atoms with Crippen LogP contribution in [0.15, 0.2) is 12.1 Å². The highest BCUT2D eigenvalue weighted by molar-refractivity contribution is 5.88. The molecular formula is C11H12F2O3. The van der Waals surface area contributed by atoms with Crippen molar-refractivity contribution in [3.05, 3.63) is 29.3 Å². The van der Waals surface area contributed by atoms with E-state index in [4.69, 9.17) is 9.84 Å². The van der Waals surface area contributed by atoms with Crippen LogP contribution in [0.2, 0.25) is 0 Å². The summed E-state index contributed by atoms with van der Waals surface area (Å²) >= 11 is 0. The SMILES string of the molecule is CC(C)COc1cc(F)c(C(=O)O)c(F)c1. The zero-order valence-electron chi connectivity index (χ0n) is 8.96. The smallest absolute Gasteiger partial charge is 0.341 e. The normalized spacial score (nSPS) is 10.6. The van der Waals surface area contributed by atoms with Gasteiger partial charge in [0.25, 0.3) is 0 Å². The Kier molecular flexibility index (Phi) is 3.82. The maximum atomic E-state index is 13.2. The van der Waals surface area contributed by atoms with Gasteiger partial charge in [-0.1, -0.05) is 13.8 Å². The first-order chi connectivity index (χ1) is 7.41. The number of hydrogen-bond acceptors (Lipinski definition) is 2. The zero-order valence-corrected chi connectivity index (χ0v) is 8.96. The number of carboxylic acid groups (broad SMARTS) is 1. The van der Waals surface area contributed by atoms with Crippen LogP contribution in [0.5, 0.6) is 5.75 Å². The maximum Gasteiger partial charge on any atom is 0.341 e. The topological polar surface area (TPSA) is 46.5 Å². The molecule has 0 aliphatic carbocycles. The molecule has 0 aliphatic heterocycles. The highest BCUT2D eigenvalue weighted by atomic mass is 19.1. The second-order valence-electron chi connectivity index (χ2n) is 3.77. The zero-order chi connectivity index (χ0) is 12.3. The number of hydrogen-bond donors (Lipinski definition) is 1. The van der Waals surface area contributed by atoms with Gasteiger partial charge < -0.3 is 9.84 Å². The van der Waals surface area contributed by atoms with E-state index in [0.29, 0.717) is 6.61 Å². The van der Waals surface area contributed by atoms with Crippen molar-refractivity contribution in [3.63, 3.8) is 0 Å². The third kappa shape index (κ3) is 2.92. The Morgan fingerprint density at radius 1 is 1.38 bits per heavy atom. The molecule has 0 aliphatic rings. The van der Waals surface area contributed by atoms with E-state index in [0.717, 1.165) is 12.1 Å². The van der Waals surface area contributed by atoms with Crippen molar-refractivity contribution < 1.29 is 23.4 Å². The van der Waals surface area contributed by atoms with Gasteiger partial charge in [0.15, 0.2) is 0 Å². The molecule has 1 aromatic carbocycles. The summed E-state index contributed by atoms with van der Waals surface area (Å²) in [6, 6.07) is 1.74. The van der Waals surface area contributed by atoms with Gasteiger partial charge in [-0.15, -0.1) is 0 Å². The van der Waals surface area contributed by atoms with E-state index < -0.39 is 23.2 Å². The van der Waals surface area contributed by atoms with Gasteiger partial charge in [0.1, 0.15) is 22.9 Å². The highest BCUT2D eigenvalue weighted by Gasteiger charge is 2.18. The summed E-state index contributed by atoms with van der Waals surface area (Å²) in [6.07, 6.45) is 0. The summed E-state index contributed by atoms with van der Waals surface area (Å²) in [5, 5.41) is 8.53. The van der Waals surface area contributed by atoms with Crippen LogP contribution in [0.1, 0.15) is 24.2 Å². The fraction of sp³-hybridized carbons (Fsp3) is 0.364. The second kappa shape index (κ2) is 4.92. The predicted molar refractivity (Wildman–Crippen MR) is 53.7 cm³/mol. The summed E-state index contributed by atoms with van der Waals surface area (Å²) < 4.78 is 31.5. The molecule has 0 fully saturated rings.